The SMILES string of the molecule is Cc1cc(-c2nc(I)oc2-c2oc(I)nc2-c2cc(C)cc(C(F)(F)F)c2)cc(C(F)(F)F)c1.Cc1cc(-c2ncoc2-c2ocnc2-c2cc(C)cc(C(F)(F)F)c2)cc(C(F)(F)F)c1. The van der Waals surface area contributed by atoms with Gasteiger partial charge >= 0.3 is 24.7 Å². The number of oxazole rings is 4. The van der Waals surface area contributed by atoms with Crippen LogP contribution < -0.4 is 0 Å². The molecule has 0 fully saturated rings. The maximum absolute atomic E-state index is 13.4. The summed E-state index contributed by atoms with van der Waals surface area (Å²) in [6.07, 6.45) is -16.3. The molecule has 0 radical (unpaired) electrons. The van der Waals surface area contributed by atoms with Gasteiger partial charge in [-0.15, -0.1) is 0 Å². The summed E-state index contributed by atoms with van der Waals surface area (Å²) in [5.74, 6) is -0.176. The molecule has 0 N–H and O–H groups in total. The number of hydrogen-bond acceptors (Lipinski definition) is 8. The van der Waals surface area contributed by atoms with Crippen LogP contribution >= 0.6 is 45.2 Å². The molecule has 0 amide bonds. The number of halogens is 14. The van der Waals surface area contributed by atoms with Crippen molar-refractivity contribution in [3.63, 3.8) is 0 Å². The molecule has 0 aliphatic rings. The van der Waals surface area contributed by atoms with Crippen LogP contribution in [-0.4, -0.2) is 19.9 Å². The number of rotatable bonds is 6. The van der Waals surface area contributed by atoms with E-state index in [1.54, 1.807) is 45.2 Å². The smallest absolute Gasteiger partial charge is 0.416 e. The van der Waals surface area contributed by atoms with Crippen LogP contribution in [0.15, 0.2) is 103 Å². The fourth-order valence-electron chi connectivity index (χ4n) is 6.85. The molecule has 66 heavy (non-hydrogen) atoms. The van der Waals surface area contributed by atoms with Crippen LogP contribution in [0.5, 0.6) is 0 Å². The minimum absolute atomic E-state index is 0.0383. The molecule has 8 aromatic rings. The first kappa shape index (κ1) is 48.3. The van der Waals surface area contributed by atoms with Crippen LogP contribution in [0.1, 0.15) is 44.5 Å². The fourth-order valence-corrected chi connectivity index (χ4v) is 7.77. The van der Waals surface area contributed by atoms with Gasteiger partial charge in [0.25, 0.3) is 7.79 Å². The topological polar surface area (TPSA) is 104 Å². The number of alkyl halides is 12. The molecule has 4 aromatic carbocycles. The Balaban J connectivity index is 0.000000197. The van der Waals surface area contributed by atoms with Crippen molar-refractivity contribution in [1.29, 1.82) is 0 Å². The summed E-state index contributed by atoms with van der Waals surface area (Å²) in [5, 5.41) is 0. The third kappa shape index (κ3) is 10.6. The Hall–Kier alpha value is -5.66. The highest BCUT2D eigenvalue weighted by molar-refractivity contribution is 14.1. The molecule has 0 aliphatic carbocycles. The van der Waals surface area contributed by atoms with Crippen LogP contribution in [0.3, 0.4) is 0 Å². The van der Waals surface area contributed by atoms with Crippen molar-refractivity contribution < 1.29 is 70.4 Å². The second-order valence-electron chi connectivity index (χ2n) is 14.7. The van der Waals surface area contributed by atoms with Gasteiger partial charge in [0.05, 0.1) is 22.3 Å². The Morgan fingerprint density at radius 2 is 0.621 bits per heavy atom. The van der Waals surface area contributed by atoms with E-state index in [-0.39, 0.29) is 75.9 Å². The maximum Gasteiger partial charge on any atom is 0.416 e. The third-order valence-electron chi connectivity index (χ3n) is 9.46. The minimum atomic E-state index is -4.58. The summed E-state index contributed by atoms with van der Waals surface area (Å²) < 4.78 is 182. The van der Waals surface area contributed by atoms with Gasteiger partial charge in [-0.1, -0.05) is 0 Å². The summed E-state index contributed by atoms with van der Waals surface area (Å²) in [7, 11) is 0. The van der Waals surface area contributed by atoms with Crippen molar-refractivity contribution in [3.05, 3.63) is 138 Å². The molecule has 0 saturated heterocycles. The number of nitrogens with zero attached hydrogens (tertiary/aromatic N) is 4. The van der Waals surface area contributed by atoms with Gasteiger partial charge in [-0.25, -0.2) is 19.9 Å². The summed E-state index contributed by atoms with van der Waals surface area (Å²) >= 11 is 3.51. The van der Waals surface area contributed by atoms with Gasteiger partial charge in [-0.05, 0) is 123 Å². The average Bonchev–Trinajstić information content (AvgIpc) is 4.02. The molecule has 0 bridgehead atoms. The standard InChI is InChI=1S/C22H12F6I2N2O2.C22H14F6N2O2/c1-9-3-11(7-13(5-9)21(23,24)25)15-17(33-19(29)31-15)18-16(32-20(30)34-18)12-4-10(2)6-14(8-12)22(26,27)28;1-11-3-13(7-15(5-11)21(23,24)25)17-19(31-9-29-17)20-18(30-10-32-20)14-4-12(2)6-16(8-14)22(26,27)28/h3-8H,1-2H3;3-10H,1-2H3. The predicted octanol–water partition coefficient (Wildman–Crippen LogP) is 15.8. The lowest BCUT2D eigenvalue weighted by molar-refractivity contribution is -0.138. The Kier molecular flexibility index (Phi) is 13.1. The molecule has 344 valence electrons. The van der Waals surface area contributed by atoms with E-state index >= 15 is 0 Å². The highest BCUT2D eigenvalue weighted by Crippen LogP contribution is 2.44. The van der Waals surface area contributed by atoms with Gasteiger partial charge in [0.2, 0.25) is 11.5 Å². The zero-order valence-corrected chi connectivity index (χ0v) is 38.1. The number of benzene rings is 4. The highest BCUT2D eigenvalue weighted by atomic mass is 127. The predicted molar refractivity (Wildman–Crippen MR) is 230 cm³/mol. The van der Waals surface area contributed by atoms with E-state index in [0.29, 0.717) is 22.3 Å². The van der Waals surface area contributed by atoms with Crippen LogP contribution in [-0.2, 0) is 24.7 Å². The van der Waals surface area contributed by atoms with Crippen molar-refractivity contribution >= 4 is 45.2 Å². The van der Waals surface area contributed by atoms with E-state index in [1.807, 2.05) is 0 Å². The van der Waals surface area contributed by atoms with Gasteiger partial charge in [-0.2, -0.15) is 52.7 Å². The summed E-state index contributed by atoms with van der Waals surface area (Å²) in [6.45, 7) is 6.03. The van der Waals surface area contributed by atoms with Crippen LogP contribution in [0.2, 0.25) is 0 Å². The lowest BCUT2D eigenvalue weighted by atomic mass is 10.00. The van der Waals surface area contributed by atoms with E-state index in [4.69, 9.17) is 17.7 Å². The molecule has 0 saturated carbocycles. The Morgan fingerprint density at radius 1 is 0.364 bits per heavy atom. The second-order valence-corrected chi connectivity index (χ2v) is 16.5. The number of aryl methyl sites for hydroxylation is 4. The van der Waals surface area contributed by atoms with E-state index in [0.717, 1.165) is 61.3 Å². The summed E-state index contributed by atoms with van der Waals surface area (Å²) in [6, 6.07) is 13.7. The first-order valence-electron chi connectivity index (χ1n) is 18.6. The monoisotopic (exact) mass is 1160 g/mol. The Bertz CT molecular complexity index is 2880. The highest BCUT2D eigenvalue weighted by Gasteiger charge is 2.36. The fraction of sp³-hybridized carbons (Fsp3) is 0.182. The number of aromatic nitrogens is 4. The van der Waals surface area contributed by atoms with Gasteiger partial charge in [0.15, 0.2) is 24.3 Å². The lowest BCUT2D eigenvalue weighted by Gasteiger charge is -2.11. The van der Waals surface area contributed by atoms with Gasteiger partial charge in [0, 0.05) is 67.4 Å². The zero-order valence-electron chi connectivity index (χ0n) is 33.8. The Labute approximate surface area is 391 Å². The molecule has 0 spiro atoms. The molecule has 8 rings (SSSR count). The molecule has 4 aromatic heterocycles. The Morgan fingerprint density at radius 3 is 0.879 bits per heavy atom. The molecular formula is C44H26F12I2N4O4. The van der Waals surface area contributed by atoms with E-state index in [9.17, 15) is 52.7 Å². The molecule has 0 unspecified atom stereocenters. The lowest BCUT2D eigenvalue weighted by Crippen LogP contribution is -2.05. The van der Waals surface area contributed by atoms with Crippen molar-refractivity contribution in [3.8, 4) is 68.1 Å². The maximum atomic E-state index is 13.4. The van der Waals surface area contributed by atoms with Crippen molar-refractivity contribution in [2.24, 2.45) is 0 Å². The van der Waals surface area contributed by atoms with Gasteiger partial charge in [0.1, 0.15) is 22.8 Å². The minimum Gasteiger partial charge on any atom is -0.439 e. The van der Waals surface area contributed by atoms with E-state index < -0.39 is 47.0 Å². The zero-order chi connectivity index (χ0) is 48.3. The number of hydrogen-bond donors (Lipinski definition) is 0. The summed E-state index contributed by atoms with van der Waals surface area (Å²) in [5.41, 5.74) is -1.45. The van der Waals surface area contributed by atoms with Gasteiger partial charge < -0.3 is 17.7 Å². The molecular weight excluding hydrogens is 1130 g/mol. The van der Waals surface area contributed by atoms with Gasteiger partial charge in [-0.3, -0.25) is 0 Å². The second kappa shape index (κ2) is 17.9. The van der Waals surface area contributed by atoms with E-state index in [2.05, 4.69) is 19.9 Å². The van der Waals surface area contributed by atoms with Crippen LogP contribution in [0.4, 0.5) is 52.7 Å². The van der Waals surface area contributed by atoms with Crippen LogP contribution in [0, 0.1) is 35.5 Å². The molecule has 0 atom stereocenters. The normalized spacial score (nSPS) is 12.4. The van der Waals surface area contributed by atoms with Crippen LogP contribution in [0.25, 0.3) is 68.1 Å². The van der Waals surface area contributed by atoms with E-state index in [1.165, 1.54) is 52.0 Å². The van der Waals surface area contributed by atoms with Crippen molar-refractivity contribution in [2.75, 3.05) is 0 Å². The largest absolute Gasteiger partial charge is 0.439 e. The van der Waals surface area contributed by atoms with Crippen molar-refractivity contribution in [2.45, 2.75) is 52.4 Å². The first-order chi connectivity index (χ1) is 30.6. The first-order valence-corrected chi connectivity index (χ1v) is 20.8. The third-order valence-corrected chi connectivity index (χ3v) is 10.4. The van der Waals surface area contributed by atoms with Crippen molar-refractivity contribution in [1.82, 2.24) is 19.9 Å². The molecule has 8 nitrogen and oxygen atoms in total. The molecule has 4 heterocycles. The molecule has 0 aliphatic heterocycles. The quantitative estimate of drug-likeness (QED) is 0.120. The molecule has 22 heteroatoms. The summed E-state index contributed by atoms with van der Waals surface area (Å²) in [4.78, 5) is 16.5. The average molecular weight is 1160 g/mol.